The van der Waals surface area contributed by atoms with Gasteiger partial charge in [0.15, 0.2) is 0 Å². The van der Waals surface area contributed by atoms with Gasteiger partial charge in [-0.1, -0.05) is 31.2 Å². The summed E-state index contributed by atoms with van der Waals surface area (Å²) in [6.07, 6.45) is 5.14. The lowest BCUT2D eigenvalue weighted by Gasteiger charge is -2.33. The highest BCUT2D eigenvalue weighted by molar-refractivity contribution is 7.25. The van der Waals surface area contributed by atoms with Gasteiger partial charge in [0.05, 0.1) is 5.39 Å². The Hall–Kier alpha value is -4.34. The van der Waals surface area contributed by atoms with Gasteiger partial charge in [-0.3, -0.25) is 4.79 Å². The molecule has 9 heteroatoms. The first-order valence-corrected chi connectivity index (χ1v) is 14.9. The van der Waals surface area contributed by atoms with Gasteiger partial charge in [0.25, 0.3) is 0 Å². The monoisotopic (exact) mass is 581 g/mol. The lowest BCUT2D eigenvalue weighted by atomic mass is 10.1. The highest BCUT2D eigenvalue weighted by Crippen LogP contribution is 2.38. The molecular formula is C33H32FN5O2S. The Bertz CT molecular complexity index is 1780. The van der Waals surface area contributed by atoms with Crippen molar-refractivity contribution in [2.24, 2.45) is 0 Å². The largest absolute Gasteiger partial charge is 0.489 e. The molecule has 0 bridgehead atoms. The van der Waals surface area contributed by atoms with Gasteiger partial charge in [0, 0.05) is 48.0 Å². The average Bonchev–Trinajstić information content (AvgIpc) is 3.38. The van der Waals surface area contributed by atoms with Crippen LogP contribution in [-0.4, -0.2) is 58.4 Å². The summed E-state index contributed by atoms with van der Waals surface area (Å²) in [6.45, 7) is 8.83. The fourth-order valence-electron chi connectivity index (χ4n) is 5.19. The number of nitrogens with one attached hydrogen (secondary N) is 1. The number of ether oxygens (including phenoxy) is 1. The minimum absolute atomic E-state index is 0.0558. The lowest BCUT2D eigenvalue weighted by molar-refractivity contribution is -0.127. The van der Waals surface area contributed by atoms with E-state index in [9.17, 15) is 9.18 Å². The summed E-state index contributed by atoms with van der Waals surface area (Å²) in [5, 5.41) is 5.48. The number of benzene rings is 3. The zero-order valence-corrected chi connectivity index (χ0v) is 24.5. The molecule has 0 aliphatic carbocycles. The standard InChI is InChI=1S/C33H32FN5O2S/c1-3-38-13-15-39(16-14-38)30(40)12-8-23-7-10-27-29(19-23)42-33-31(27)32(35-21-36-33)37-26-9-11-28(22(2)17-26)41-20-24-5-4-6-25(34)18-24/h4-12,17-19,21H,3,13-16,20H2,1-2H3,(H,35,36,37)/b12-8+. The van der Waals surface area contributed by atoms with E-state index >= 15 is 0 Å². The van der Waals surface area contributed by atoms with Crippen molar-refractivity contribution in [3.63, 3.8) is 0 Å². The van der Waals surface area contributed by atoms with E-state index in [1.165, 1.54) is 12.1 Å². The zero-order chi connectivity index (χ0) is 29.1. The molecular weight excluding hydrogens is 549 g/mol. The van der Waals surface area contributed by atoms with Crippen LogP contribution < -0.4 is 10.1 Å². The van der Waals surface area contributed by atoms with E-state index in [0.717, 1.165) is 87.0 Å². The van der Waals surface area contributed by atoms with Gasteiger partial charge < -0.3 is 19.9 Å². The number of hydrogen-bond donors (Lipinski definition) is 1. The number of rotatable bonds is 8. The molecule has 0 saturated carbocycles. The molecule has 0 unspecified atom stereocenters. The predicted molar refractivity (Wildman–Crippen MR) is 168 cm³/mol. The van der Waals surface area contributed by atoms with Crippen molar-refractivity contribution in [2.75, 3.05) is 38.0 Å². The molecule has 1 aliphatic rings. The van der Waals surface area contributed by atoms with E-state index in [0.29, 0.717) is 6.61 Å². The second-order valence-electron chi connectivity index (χ2n) is 10.4. The van der Waals surface area contributed by atoms with Gasteiger partial charge in [-0.2, -0.15) is 0 Å². The number of aromatic nitrogens is 2. The molecule has 5 aromatic rings. The summed E-state index contributed by atoms with van der Waals surface area (Å²) in [7, 11) is 0. The number of fused-ring (bicyclic) bond motifs is 3. The van der Waals surface area contributed by atoms with Crippen LogP contribution in [0.1, 0.15) is 23.6 Å². The predicted octanol–water partition coefficient (Wildman–Crippen LogP) is 6.79. The molecule has 1 amide bonds. The molecule has 1 aliphatic heterocycles. The normalized spacial score (nSPS) is 14.2. The van der Waals surface area contributed by atoms with Crippen molar-refractivity contribution >= 4 is 55.1 Å². The van der Waals surface area contributed by atoms with Crippen LogP contribution in [0.4, 0.5) is 15.9 Å². The van der Waals surface area contributed by atoms with E-state index in [2.05, 4.69) is 39.2 Å². The van der Waals surface area contributed by atoms with Crippen LogP contribution in [0.15, 0.2) is 73.1 Å². The van der Waals surface area contributed by atoms with Gasteiger partial charge in [-0.05, 0) is 72.6 Å². The number of carbonyl (C=O) groups excluding carboxylic acids is 1. The van der Waals surface area contributed by atoms with Gasteiger partial charge in [0.2, 0.25) is 5.91 Å². The van der Waals surface area contributed by atoms with Gasteiger partial charge >= 0.3 is 0 Å². The van der Waals surface area contributed by atoms with Crippen LogP contribution in [0.3, 0.4) is 0 Å². The molecule has 1 N–H and O–H groups in total. The van der Waals surface area contributed by atoms with Gasteiger partial charge in [0.1, 0.15) is 35.1 Å². The van der Waals surface area contributed by atoms with Crippen molar-refractivity contribution in [1.82, 2.24) is 19.8 Å². The highest BCUT2D eigenvalue weighted by Gasteiger charge is 2.18. The highest BCUT2D eigenvalue weighted by atomic mass is 32.1. The zero-order valence-electron chi connectivity index (χ0n) is 23.6. The Morgan fingerprint density at radius 2 is 1.93 bits per heavy atom. The first-order chi connectivity index (χ1) is 20.5. The number of likely N-dealkylation sites (N-methyl/N-ethyl adjacent to an activating group) is 1. The second-order valence-corrected chi connectivity index (χ2v) is 11.4. The molecule has 0 atom stereocenters. The molecule has 0 spiro atoms. The number of amides is 1. The third-order valence-electron chi connectivity index (χ3n) is 7.56. The smallest absolute Gasteiger partial charge is 0.246 e. The first-order valence-electron chi connectivity index (χ1n) is 14.1. The Kier molecular flexibility index (Phi) is 8.12. The summed E-state index contributed by atoms with van der Waals surface area (Å²) < 4.78 is 20.5. The quantitative estimate of drug-likeness (QED) is 0.204. The SMILES string of the molecule is CCN1CCN(C(=O)/C=C/c2ccc3c(c2)sc2ncnc(Nc4ccc(OCc5cccc(F)c5)c(C)c4)c23)CC1. The van der Waals surface area contributed by atoms with Crippen LogP contribution >= 0.6 is 11.3 Å². The maximum absolute atomic E-state index is 13.5. The number of nitrogens with zero attached hydrogens (tertiary/aromatic N) is 4. The number of hydrogen-bond acceptors (Lipinski definition) is 7. The number of thiophene rings is 1. The number of halogens is 1. The molecule has 7 nitrogen and oxygen atoms in total. The van der Waals surface area contributed by atoms with E-state index < -0.39 is 0 Å². The Morgan fingerprint density at radius 1 is 1.07 bits per heavy atom. The fraction of sp³-hybridized carbons (Fsp3) is 0.242. The third kappa shape index (κ3) is 6.12. The van der Waals surface area contributed by atoms with Crippen LogP contribution in [0, 0.1) is 12.7 Å². The molecule has 6 rings (SSSR count). The lowest BCUT2D eigenvalue weighted by Crippen LogP contribution is -2.48. The minimum Gasteiger partial charge on any atom is -0.489 e. The number of piperazine rings is 1. The summed E-state index contributed by atoms with van der Waals surface area (Å²) in [6, 6.07) is 18.5. The van der Waals surface area contributed by atoms with Crippen LogP contribution in [-0.2, 0) is 11.4 Å². The van der Waals surface area contributed by atoms with Crippen molar-refractivity contribution in [3.05, 3.63) is 95.6 Å². The Morgan fingerprint density at radius 3 is 2.71 bits per heavy atom. The third-order valence-corrected chi connectivity index (χ3v) is 8.63. The number of aryl methyl sites for hydroxylation is 1. The maximum atomic E-state index is 13.5. The Balaban J connectivity index is 1.17. The number of anilines is 2. The number of carbonyl (C=O) groups is 1. The average molecular weight is 582 g/mol. The van der Waals surface area contributed by atoms with Crippen molar-refractivity contribution in [2.45, 2.75) is 20.5 Å². The molecule has 214 valence electrons. The van der Waals surface area contributed by atoms with Crippen LogP contribution in [0.5, 0.6) is 5.75 Å². The van der Waals surface area contributed by atoms with E-state index in [1.807, 2.05) is 48.2 Å². The molecule has 1 fully saturated rings. The second kappa shape index (κ2) is 12.3. The summed E-state index contributed by atoms with van der Waals surface area (Å²) >= 11 is 1.60. The molecule has 2 aromatic heterocycles. The minimum atomic E-state index is -0.274. The topological polar surface area (TPSA) is 70.6 Å². The van der Waals surface area contributed by atoms with Gasteiger partial charge in [-0.15, -0.1) is 11.3 Å². The molecule has 0 radical (unpaired) electrons. The van der Waals surface area contributed by atoms with Gasteiger partial charge in [-0.25, -0.2) is 14.4 Å². The molecule has 3 heterocycles. The van der Waals surface area contributed by atoms with Crippen LogP contribution in [0.25, 0.3) is 26.4 Å². The van der Waals surface area contributed by atoms with Crippen LogP contribution in [0.2, 0.25) is 0 Å². The first kappa shape index (κ1) is 27.8. The van der Waals surface area contributed by atoms with E-state index in [4.69, 9.17) is 4.74 Å². The fourth-order valence-corrected chi connectivity index (χ4v) is 6.29. The van der Waals surface area contributed by atoms with E-state index in [1.54, 1.807) is 29.8 Å². The summed E-state index contributed by atoms with van der Waals surface area (Å²) in [4.78, 5) is 27.0. The van der Waals surface area contributed by atoms with E-state index in [-0.39, 0.29) is 11.7 Å². The van der Waals surface area contributed by atoms with Crippen molar-refractivity contribution < 1.29 is 13.9 Å². The summed E-state index contributed by atoms with van der Waals surface area (Å²) in [5.74, 6) is 1.24. The van der Waals surface area contributed by atoms with Crippen molar-refractivity contribution in [1.29, 1.82) is 0 Å². The molecule has 42 heavy (non-hydrogen) atoms. The molecule has 3 aromatic carbocycles. The maximum Gasteiger partial charge on any atom is 0.246 e. The Labute approximate surface area is 248 Å². The van der Waals surface area contributed by atoms with Crippen molar-refractivity contribution in [3.8, 4) is 5.75 Å². The molecule has 1 saturated heterocycles. The summed E-state index contributed by atoms with van der Waals surface area (Å²) in [5.41, 5.74) is 3.58.